The number of amides is 2. The average molecular weight is 460 g/mol. The molecular formula is C21H25N5O5S. The summed E-state index contributed by atoms with van der Waals surface area (Å²) in [5.74, 6) is -0.518. The number of ether oxygens (including phenoxy) is 1. The van der Waals surface area contributed by atoms with Crippen molar-refractivity contribution in [1.82, 2.24) is 18.5 Å². The van der Waals surface area contributed by atoms with Crippen LogP contribution in [0.3, 0.4) is 0 Å². The maximum atomic E-state index is 13.0. The van der Waals surface area contributed by atoms with Gasteiger partial charge in [-0.05, 0) is 30.3 Å². The molecule has 32 heavy (non-hydrogen) atoms. The Kier molecular flexibility index (Phi) is 6.80. The van der Waals surface area contributed by atoms with Gasteiger partial charge < -0.3 is 15.0 Å². The van der Waals surface area contributed by atoms with Crippen molar-refractivity contribution in [2.75, 3.05) is 57.8 Å². The summed E-state index contributed by atoms with van der Waals surface area (Å²) in [5, 5.41) is 2.77. The number of rotatable bonds is 5. The number of anilines is 1. The van der Waals surface area contributed by atoms with Crippen molar-refractivity contribution in [2.45, 2.75) is 0 Å². The second-order valence-electron chi connectivity index (χ2n) is 7.49. The first-order valence-corrected chi connectivity index (χ1v) is 11.8. The highest BCUT2D eigenvalue weighted by Crippen LogP contribution is 2.18. The van der Waals surface area contributed by atoms with Crippen molar-refractivity contribution in [3.63, 3.8) is 0 Å². The molecule has 10 nitrogen and oxygen atoms in total. The monoisotopic (exact) mass is 459 g/mol. The van der Waals surface area contributed by atoms with Crippen LogP contribution in [0.4, 0.5) is 5.69 Å². The molecule has 4 rings (SSSR count). The number of hydrogen-bond donors (Lipinski definition) is 1. The van der Waals surface area contributed by atoms with Crippen molar-refractivity contribution in [3.8, 4) is 0 Å². The van der Waals surface area contributed by atoms with Gasteiger partial charge in [0.25, 0.3) is 22.0 Å². The molecule has 1 N–H and O–H groups in total. The zero-order valence-electron chi connectivity index (χ0n) is 17.5. The van der Waals surface area contributed by atoms with Crippen molar-refractivity contribution in [3.05, 3.63) is 59.9 Å². The summed E-state index contributed by atoms with van der Waals surface area (Å²) < 4.78 is 33.7. The van der Waals surface area contributed by atoms with Crippen molar-refractivity contribution in [1.29, 1.82) is 0 Å². The Morgan fingerprint density at radius 1 is 0.906 bits per heavy atom. The van der Waals surface area contributed by atoms with Crippen molar-refractivity contribution < 1.29 is 22.7 Å². The molecule has 0 radical (unpaired) electrons. The molecule has 0 saturated carbocycles. The molecule has 2 aliphatic heterocycles. The number of carbonyl (C=O) groups excluding carboxylic acids is 2. The number of hydrogen-bond acceptors (Lipinski definition) is 6. The molecule has 2 aromatic rings. The van der Waals surface area contributed by atoms with Gasteiger partial charge in [0.1, 0.15) is 0 Å². The molecular weight excluding hydrogens is 434 g/mol. The van der Waals surface area contributed by atoms with Gasteiger partial charge >= 0.3 is 0 Å². The van der Waals surface area contributed by atoms with Crippen LogP contribution in [-0.2, 0) is 14.9 Å². The van der Waals surface area contributed by atoms with Gasteiger partial charge in [0.2, 0.25) is 0 Å². The van der Waals surface area contributed by atoms with E-state index in [9.17, 15) is 18.0 Å². The van der Waals surface area contributed by atoms with Crippen LogP contribution >= 0.6 is 0 Å². The van der Waals surface area contributed by atoms with E-state index in [2.05, 4.69) is 10.3 Å². The van der Waals surface area contributed by atoms with Crippen LogP contribution in [0.15, 0.2) is 48.8 Å². The summed E-state index contributed by atoms with van der Waals surface area (Å²) in [7, 11) is -3.55. The fourth-order valence-electron chi connectivity index (χ4n) is 3.68. The highest BCUT2D eigenvalue weighted by molar-refractivity contribution is 7.86. The summed E-state index contributed by atoms with van der Waals surface area (Å²) in [6.07, 6.45) is 3.05. The topological polar surface area (TPSA) is 112 Å². The van der Waals surface area contributed by atoms with Crippen LogP contribution in [0.1, 0.15) is 20.7 Å². The number of morpholine rings is 1. The molecule has 3 heterocycles. The van der Waals surface area contributed by atoms with Gasteiger partial charge in [-0.25, -0.2) is 0 Å². The molecule has 11 heteroatoms. The molecule has 0 unspecified atom stereocenters. The van der Waals surface area contributed by atoms with E-state index in [1.807, 2.05) is 0 Å². The molecule has 2 fully saturated rings. The predicted molar refractivity (Wildman–Crippen MR) is 117 cm³/mol. The second kappa shape index (κ2) is 9.74. The summed E-state index contributed by atoms with van der Waals surface area (Å²) in [6.45, 7) is 2.56. The third-order valence-corrected chi connectivity index (χ3v) is 7.48. The lowest BCUT2D eigenvalue weighted by atomic mass is 10.1. The molecule has 0 atom stereocenters. The Balaban J connectivity index is 1.37. The van der Waals surface area contributed by atoms with E-state index >= 15 is 0 Å². The zero-order valence-corrected chi connectivity index (χ0v) is 18.3. The molecule has 170 valence electrons. The molecule has 1 aromatic heterocycles. The van der Waals surface area contributed by atoms with Gasteiger partial charge in [0.05, 0.1) is 18.8 Å². The first-order valence-electron chi connectivity index (χ1n) is 10.4. The Morgan fingerprint density at radius 3 is 2.28 bits per heavy atom. The largest absolute Gasteiger partial charge is 0.379 e. The van der Waals surface area contributed by atoms with E-state index in [1.54, 1.807) is 47.5 Å². The SMILES string of the molecule is O=C(Nc1cccc(C(=O)N2CCN(S(=O)(=O)N3CCOCC3)CC2)c1)c1cccnc1. The van der Waals surface area contributed by atoms with Crippen LogP contribution in [-0.4, -0.2) is 91.2 Å². The number of nitrogens with one attached hydrogen (secondary N) is 1. The third-order valence-electron chi connectivity index (χ3n) is 5.44. The fraction of sp³-hybridized carbons (Fsp3) is 0.381. The van der Waals surface area contributed by atoms with Crippen molar-refractivity contribution >= 4 is 27.7 Å². The maximum Gasteiger partial charge on any atom is 0.282 e. The Hall–Kier alpha value is -2.86. The zero-order chi connectivity index (χ0) is 22.6. The van der Waals surface area contributed by atoms with Gasteiger partial charge in [-0.3, -0.25) is 14.6 Å². The quantitative estimate of drug-likeness (QED) is 0.703. The van der Waals surface area contributed by atoms with Crippen LogP contribution in [0.25, 0.3) is 0 Å². The van der Waals surface area contributed by atoms with E-state index in [0.717, 1.165) is 0 Å². The molecule has 1 aromatic carbocycles. The minimum atomic E-state index is -3.55. The van der Waals surface area contributed by atoms with Gasteiger partial charge in [0, 0.05) is 62.9 Å². The number of aromatic nitrogens is 1. The van der Waals surface area contributed by atoms with Gasteiger partial charge in [-0.1, -0.05) is 6.07 Å². The van der Waals surface area contributed by atoms with Gasteiger partial charge in [-0.2, -0.15) is 17.0 Å². The lowest BCUT2D eigenvalue weighted by Crippen LogP contribution is -2.55. The third kappa shape index (κ3) is 4.96. The van der Waals surface area contributed by atoms with E-state index in [1.165, 1.54) is 14.8 Å². The highest BCUT2D eigenvalue weighted by atomic mass is 32.2. The van der Waals surface area contributed by atoms with E-state index in [4.69, 9.17) is 4.74 Å². The normalized spacial score (nSPS) is 18.3. The predicted octanol–water partition coefficient (Wildman–Crippen LogP) is 0.669. The summed E-state index contributed by atoms with van der Waals surface area (Å²) >= 11 is 0. The van der Waals surface area contributed by atoms with E-state index in [-0.39, 0.29) is 24.9 Å². The molecule has 0 aliphatic carbocycles. The fourth-order valence-corrected chi connectivity index (χ4v) is 5.24. The lowest BCUT2D eigenvalue weighted by Gasteiger charge is -2.37. The minimum Gasteiger partial charge on any atom is -0.379 e. The van der Waals surface area contributed by atoms with Crippen LogP contribution in [0, 0.1) is 0 Å². The van der Waals surface area contributed by atoms with E-state index < -0.39 is 10.2 Å². The molecule has 2 aliphatic rings. The highest BCUT2D eigenvalue weighted by Gasteiger charge is 2.34. The Bertz CT molecular complexity index is 1060. The van der Waals surface area contributed by atoms with Crippen molar-refractivity contribution in [2.24, 2.45) is 0 Å². The number of pyridine rings is 1. The molecule has 2 amide bonds. The first-order chi connectivity index (χ1) is 15.4. The van der Waals surface area contributed by atoms with E-state index in [0.29, 0.717) is 56.2 Å². The van der Waals surface area contributed by atoms with Crippen LogP contribution in [0.5, 0.6) is 0 Å². The summed E-state index contributed by atoms with van der Waals surface area (Å²) in [6, 6.07) is 10.0. The summed E-state index contributed by atoms with van der Waals surface area (Å²) in [4.78, 5) is 30.9. The van der Waals surface area contributed by atoms with Gasteiger partial charge in [0.15, 0.2) is 0 Å². The van der Waals surface area contributed by atoms with Crippen LogP contribution < -0.4 is 5.32 Å². The average Bonchev–Trinajstić information content (AvgIpc) is 2.85. The number of benzene rings is 1. The Morgan fingerprint density at radius 2 is 1.59 bits per heavy atom. The van der Waals surface area contributed by atoms with Crippen LogP contribution in [0.2, 0.25) is 0 Å². The standard InChI is InChI=1S/C21H25N5O5S/c27-20(18-4-2-6-22-16-18)23-19-5-1-3-17(15-19)21(28)24-7-9-25(10-8-24)32(29,30)26-11-13-31-14-12-26/h1-6,15-16H,7-14H2,(H,23,27). The number of piperazine rings is 1. The number of carbonyl (C=O) groups is 2. The first kappa shape index (κ1) is 22.3. The van der Waals surface area contributed by atoms with Gasteiger partial charge in [-0.15, -0.1) is 0 Å². The molecule has 0 bridgehead atoms. The second-order valence-corrected chi connectivity index (χ2v) is 9.42. The maximum absolute atomic E-state index is 13.0. The molecule has 2 saturated heterocycles. The molecule has 0 spiro atoms. The Labute approximate surface area is 187 Å². The number of nitrogens with zero attached hydrogens (tertiary/aromatic N) is 4. The summed E-state index contributed by atoms with van der Waals surface area (Å²) in [5.41, 5.74) is 1.35. The smallest absolute Gasteiger partial charge is 0.282 e. The minimum absolute atomic E-state index is 0.203. The lowest BCUT2D eigenvalue weighted by molar-refractivity contribution is 0.0636.